The lowest BCUT2D eigenvalue weighted by atomic mass is 10.1. The summed E-state index contributed by atoms with van der Waals surface area (Å²) in [6.07, 6.45) is 0. The van der Waals surface area contributed by atoms with Crippen molar-refractivity contribution in [1.82, 2.24) is 5.32 Å². The first-order chi connectivity index (χ1) is 11.5. The molecule has 8 nitrogen and oxygen atoms in total. The van der Waals surface area contributed by atoms with E-state index in [0.29, 0.717) is 11.7 Å². The van der Waals surface area contributed by atoms with Gasteiger partial charge in [-0.15, -0.1) is 0 Å². The number of carbonyl (C=O) groups excluding carboxylic acids is 3. The number of esters is 2. The maximum atomic E-state index is 12.1. The third-order valence-electron chi connectivity index (χ3n) is 3.10. The average molecular weight is 351 g/mol. The van der Waals surface area contributed by atoms with E-state index in [2.05, 4.69) is 25.1 Å². The van der Waals surface area contributed by atoms with Gasteiger partial charge in [0, 0.05) is 6.54 Å². The topological polar surface area (TPSA) is 106 Å². The van der Waals surface area contributed by atoms with Gasteiger partial charge in [-0.25, -0.2) is 9.59 Å². The zero-order valence-electron chi connectivity index (χ0n) is 13.3. The number of thioether (sulfide) groups is 1. The van der Waals surface area contributed by atoms with Crippen LogP contribution in [-0.4, -0.2) is 56.1 Å². The van der Waals surface area contributed by atoms with Crippen molar-refractivity contribution in [3.05, 3.63) is 29.3 Å². The molecule has 0 saturated heterocycles. The molecule has 9 heteroatoms. The predicted molar refractivity (Wildman–Crippen MR) is 90.5 cm³/mol. The maximum Gasteiger partial charge on any atom is 0.339 e. The summed E-state index contributed by atoms with van der Waals surface area (Å²) in [7, 11) is 2.49. The fourth-order valence-corrected chi connectivity index (χ4v) is 2.70. The molecule has 128 valence electrons. The molecule has 0 aliphatic carbocycles. The summed E-state index contributed by atoms with van der Waals surface area (Å²) in [5.41, 5.74) is 0.562. The number of carbonyl (C=O) groups is 3. The van der Waals surface area contributed by atoms with E-state index in [9.17, 15) is 14.4 Å². The number of ether oxygens (including phenoxy) is 2. The lowest BCUT2D eigenvalue weighted by molar-refractivity contribution is -0.113. The number of rotatable bonds is 5. The van der Waals surface area contributed by atoms with E-state index in [1.807, 2.05) is 0 Å². The molecule has 24 heavy (non-hydrogen) atoms. The lowest BCUT2D eigenvalue weighted by Gasteiger charge is -2.11. The monoisotopic (exact) mass is 351 g/mol. The van der Waals surface area contributed by atoms with Gasteiger partial charge in [0.1, 0.15) is 0 Å². The molecule has 0 saturated carbocycles. The van der Waals surface area contributed by atoms with E-state index >= 15 is 0 Å². The van der Waals surface area contributed by atoms with Gasteiger partial charge in [-0.05, 0) is 18.2 Å². The molecule has 0 atom stereocenters. The van der Waals surface area contributed by atoms with Crippen molar-refractivity contribution < 1.29 is 23.9 Å². The summed E-state index contributed by atoms with van der Waals surface area (Å²) in [6, 6.07) is 4.22. The molecule has 1 heterocycles. The van der Waals surface area contributed by atoms with Crippen molar-refractivity contribution in [2.45, 2.75) is 0 Å². The van der Waals surface area contributed by atoms with Crippen molar-refractivity contribution in [1.29, 1.82) is 0 Å². The molecule has 1 amide bonds. The van der Waals surface area contributed by atoms with Crippen molar-refractivity contribution >= 4 is 40.5 Å². The van der Waals surface area contributed by atoms with Crippen molar-refractivity contribution in [2.24, 2.45) is 4.99 Å². The molecule has 1 aliphatic heterocycles. The highest BCUT2D eigenvalue weighted by Crippen LogP contribution is 2.20. The van der Waals surface area contributed by atoms with Gasteiger partial charge in [-0.3, -0.25) is 9.79 Å². The molecule has 0 unspecified atom stereocenters. The number of methoxy groups -OCH3 is 2. The Morgan fingerprint density at radius 2 is 2.00 bits per heavy atom. The van der Waals surface area contributed by atoms with Crippen LogP contribution >= 0.6 is 11.8 Å². The minimum Gasteiger partial charge on any atom is -0.465 e. The van der Waals surface area contributed by atoms with Crippen LogP contribution in [0.1, 0.15) is 20.7 Å². The van der Waals surface area contributed by atoms with Crippen molar-refractivity contribution in [3.63, 3.8) is 0 Å². The molecular weight excluding hydrogens is 334 g/mol. The molecule has 0 radical (unpaired) electrons. The molecule has 0 fully saturated rings. The summed E-state index contributed by atoms with van der Waals surface area (Å²) >= 11 is 1.27. The molecule has 0 spiro atoms. The minimum atomic E-state index is -0.615. The fraction of sp³-hybridized carbons (Fsp3) is 0.333. The number of nitrogens with one attached hydrogen (secondary N) is 2. The number of amidine groups is 1. The van der Waals surface area contributed by atoms with Crippen LogP contribution in [-0.2, 0) is 14.3 Å². The summed E-state index contributed by atoms with van der Waals surface area (Å²) in [6.45, 7) is 1.45. The second-order valence-electron chi connectivity index (χ2n) is 4.69. The second kappa shape index (κ2) is 8.34. The van der Waals surface area contributed by atoms with Crippen molar-refractivity contribution in [2.75, 3.05) is 38.4 Å². The van der Waals surface area contributed by atoms with E-state index in [1.165, 1.54) is 44.2 Å². The SMILES string of the molecule is COC(=O)c1ccc(C(=O)OC)c(NC(=O)CSC2=NCCN2)c1. The first kappa shape index (κ1) is 17.8. The third-order valence-corrected chi connectivity index (χ3v) is 4.06. The number of benzene rings is 1. The molecule has 0 aromatic heterocycles. The number of aliphatic imine (C=N–C) groups is 1. The standard InChI is InChI=1S/C15H17N3O5S/c1-22-13(20)9-3-4-10(14(21)23-2)11(7-9)18-12(19)8-24-15-16-5-6-17-15/h3-4,7H,5-6,8H2,1-2H3,(H,16,17)(H,18,19). The van der Waals surface area contributed by atoms with Gasteiger partial charge in [0.25, 0.3) is 0 Å². The number of hydrogen-bond donors (Lipinski definition) is 2. The third kappa shape index (κ3) is 4.48. The predicted octanol–water partition coefficient (Wildman–Crippen LogP) is 0.891. The van der Waals surface area contributed by atoms with E-state index < -0.39 is 11.9 Å². The minimum absolute atomic E-state index is 0.120. The Hall–Kier alpha value is -2.55. The van der Waals surface area contributed by atoms with Crippen LogP contribution in [0, 0.1) is 0 Å². The first-order valence-electron chi connectivity index (χ1n) is 7.06. The molecule has 1 aromatic rings. The second-order valence-corrected chi connectivity index (χ2v) is 5.66. The Morgan fingerprint density at radius 1 is 1.25 bits per heavy atom. The highest BCUT2D eigenvalue weighted by Gasteiger charge is 2.18. The number of amides is 1. The van der Waals surface area contributed by atoms with Gasteiger partial charge in [-0.2, -0.15) is 0 Å². The van der Waals surface area contributed by atoms with Crippen LogP contribution in [0.4, 0.5) is 5.69 Å². The van der Waals surface area contributed by atoms with Gasteiger partial charge >= 0.3 is 11.9 Å². The number of nitrogens with zero attached hydrogens (tertiary/aromatic N) is 1. The number of anilines is 1. The smallest absolute Gasteiger partial charge is 0.339 e. The zero-order valence-corrected chi connectivity index (χ0v) is 14.1. The highest BCUT2D eigenvalue weighted by molar-refractivity contribution is 8.14. The average Bonchev–Trinajstić information content (AvgIpc) is 3.12. The fourth-order valence-electron chi connectivity index (χ4n) is 1.97. The first-order valence-corrected chi connectivity index (χ1v) is 8.05. The summed E-state index contributed by atoms with van der Waals surface area (Å²) in [5.74, 6) is -1.39. The Bertz CT molecular complexity index is 690. The van der Waals surface area contributed by atoms with Gasteiger partial charge < -0.3 is 20.1 Å². The largest absolute Gasteiger partial charge is 0.465 e. The molecule has 1 aliphatic rings. The quantitative estimate of drug-likeness (QED) is 0.759. The van der Waals surface area contributed by atoms with E-state index in [4.69, 9.17) is 0 Å². The summed E-state index contributed by atoms with van der Waals surface area (Å²) in [5, 5.41) is 6.37. The van der Waals surface area contributed by atoms with E-state index in [1.54, 1.807) is 0 Å². The number of hydrogen-bond acceptors (Lipinski definition) is 8. The summed E-state index contributed by atoms with van der Waals surface area (Å²) in [4.78, 5) is 39.7. The van der Waals surface area contributed by atoms with Crippen LogP contribution in [0.25, 0.3) is 0 Å². The molecule has 2 N–H and O–H groups in total. The van der Waals surface area contributed by atoms with Crippen LogP contribution in [0.3, 0.4) is 0 Å². The maximum absolute atomic E-state index is 12.1. The van der Waals surface area contributed by atoms with Gasteiger partial charge in [-0.1, -0.05) is 11.8 Å². The van der Waals surface area contributed by atoms with Crippen LogP contribution in [0.15, 0.2) is 23.2 Å². The Morgan fingerprint density at radius 3 is 2.62 bits per heavy atom. The Kier molecular flexibility index (Phi) is 6.19. The Labute approximate surface area is 143 Å². The molecular formula is C15H17N3O5S. The van der Waals surface area contributed by atoms with Crippen LogP contribution in [0.2, 0.25) is 0 Å². The normalized spacial score (nSPS) is 12.8. The van der Waals surface area contributed by atoms with Gasteiger partial charge in [0.2, 0.25) is 5.91 Å². The molecule has 0 bridgehead atoms. The van der Waals surface area contributed by atoms with Crippen LogP contribution in [0.5, 0.6) is 0 Å². The Balaban J connectivity index is 2.13. The van der Waals surface area contributed by atoms with E-state index in [0.717, 1.165) is 6.54 Å². The molecule has 2 rings (SSSR count). The zero-order chi connectivity index (χ0) is 17.5. The lowest BCUT2D eigenvalue weighted by Crippen LogP contribution is -2.21. The van der Waals surface area contributed by atoms with Gasteiger partial charge in [0.15, 0.2) is 5.17 Å². The van der Waals surface area contributed by atoms with Crippen LogP contribution < -0.4 is 10.6 Å². The van der Waals surface area contributed by atoms with E-state index in [-0.39, 0.29) is 28.5 Å². The van der Waals surface area contributed by atoms with Gasteiger partial charge in [0.05, 0.1) is 43.3 Å². The highest BCUT2D eigenvalue weighted by atomic mass is 32.2. The molecule has 1 aromatic carbocycles. The summed E-state index contributed by atoms with van der Waals surface area (Å²) < 4.78 is 9.33. The van der Waals surface area contributed by atoms with Crippen molar-refractivity contribution in [3.8, 4) is 0 Å².